The number of ether oxygens (including phenoxy) is 4. The van der Waals surface area contributed by atoms with Gasteiger partial charge in [0.05, 0.1) is 40.3 Å². The summed E-state index contributed by atoms with van der Waals surface area (Å²) < 4.78 is 22.9. The van der Waals surface area contributed by atoms with E-state index in [-0.39, 0.29) is 38.6 Å². The second-order valence-corrected chi connectivity index (χ2v) is 28.7. The number of nitrogens with zero attached hydrogens (tertiary/aromatic N) is 1. The van der Waals surface area contributed by atoms with E-state index in [9.17, 15) is 19.5 Å². The lowest BCUT2D eigenvalue weighted by Crippen LogP contribution is -2.44. The minimum atomic E-state index is -1.64. The normalized spacial score (nSPS) is 13.7. The lowest BCUT2D eigenvalue weighted by Gasteiger charge is -2.26. The van der Waals surface area contributed by atoms with Crippen LogP contribution in [0.4, 0.5) is 0 Å². The first-order valence-corrected chi connectivity index (χ1v) is 42.2. The number of carboxylic acids is 1. The van der Waals surface area contributed by atoms with E-state index in [1.165, 1.54) is 135 Å². The van der Waals surface area contributed by atoms with E-state index in [1.54, 1.807) is 0 Å². The van der Waals surface area contributed by atoms with Gasteiger partial charge < -0.3 is 33.3 Å². The van der Waals surface area contributed by atoms with Crippen LogP contribution in [0, 0.1) is 0 Å². The summed E-state index contributed by atoms with van der Waals surface area (Å²) in [4.78, 5) is 37.7. The van der Waals surface area contributed by atoms with Crippen molar-refractivity contribution in [3.8, 4) is 0 Å². The van der Waals surface area contributed by atoms with Crippen LogP contribution < -0.4 is 5.11 Å². The minimum Gasteiger partial charge on any atom is -0.545 e. The number of carboxylic acid groups (broad SMARTS) is 1. The summed E-state index contributed by atoms with van der Waals surface area (Å²) in [5.41, 5.74) is 0. The van der Waals surface area contributed by atoms with Gasteiger partial charge in [0.25, 0.3) is 0 Å². The summed E-state index contributed by atoms with van der Waals surface area (Å²) >= 11 is 0. The van der Waals surface area contributed by atoms with Crippen LogP contribution in [0.2, 0.25) is 0 Å². The van der Waals surface area contributed by atoms with Gasteiger partial charge in [-0.25, -0.2) is 0 Å². The first-order valence-electron chi connectivity index (χ1n) is 42.2. The van der Waals surface area contributed by atoms with Gasteiger partial charge in [0.1, 0.15) is 13.2 Å². The molecule has 105 heavy (non-hydrogen) atoms. The van der Waals surface area contributed by atoms with Crippen molar-refractivity contribution in [3.05, 3.63) is 207 Å². The molecule has 0 saturated heterocycles. The number of quaternary nitrogens is 1. The predicted molar refractivity (Wildman–Crippen MR) is 453 cm³/mol. The van der Waals surface area contributed by atoms with E-state index in [2.05, 4.69) is 220 Å². The molecule has 0 N–H and O–H groups in total. The molecule has 0 aliphatic rings. The fraction of sp³-hybridized carbons (Fsp3) is 0.615. The Morgan fingerprint density at radius 1 is 0.286 bits per heavy atom. The fourth-order valence-electron chi connectivity index (χ4n) is 11.2. The number of hydrogen-bond donors (Lipinski definition) is 0. The second kappa shape index (κ2) is 83.5. The number of esters is 2. The number of rotatable bonds is 76. The molecule has 592 valence electrons. The molecule has 0 aromatic rings. The number of hydrogen-bond acceptors (Lipinski definition) is 8. The highest BCUT2D eigenvalue weighted by atomic mass is 16.7. The van der Waals surface area contributed by atoms with Crippen molar-refractivity contribution in [1.82, 2.24) is 0 Å². The molecule has 0 rings (SSSR count). The van der Waals surface area contributed by atoms with Crippen LogP contribution in [0.1, 0.15) is 322 Å². The Balaban J connectivity index is 4.09. The molecule has 0 aliphatic carbocycles. The molecule has 0 bridgehead atoms. The Bertz CT molecular complexity index is 2500. The highest BCUT2D eigenvalue weighted by molar-refractivity contribution is 5.70. The topological polar surface area (TPSA) is 111 Å². The molecule has 0 fully saturated rings. The molecule has 2 atom stereocenters. The second-order valence-electron chi connectivity index (χ2n) is 28.7. The molecule has 0 aromatic heterocycles. The minimum absolute atomic E-state index is 0.137. The summed E-state index contributed by atoms with van der Waals surface area (Å²) in [6.45, 7) is 4.51. The van der Waals surface area contributed by atoms with Crippen LogP contribution >= 0.6 is 0 Å². The van der Waals surface area contributed by atoms with Gasteiger partial charge in [-0.2, -0.15) is 0 Å². The smallest absolute Gasteiger partial charge is 0.306 e. The quantitative estimate of drug-likeness (QED) is 0.0195. The van der Waals surface area contributed by atoms with Crippen LogP contribution in [-0.2, 0) is 33.3 Å². The summed E-state index contributed by atoms with van der Waals surface area (Å²) in [6.07, 6.45) is 127. The largest absolute Gasteiger partial charge is 0.545 e. The van der Waals surface area contributed by atoms with Crippen molar-refractivity contribution in [2.45, 2.75) is 334 Å². The van der Waals surface area contributed by atoms with Crippen LogP contribution in [0.25, 0.3) is 0 Å². The van der Waals surface area contributed by atoms with Gasteiger partial charge in [0, 0.05) is 12.8 Å². The summed E-state index contributed by atoms with van der Waals surface area (Å²) in [6, 6.07) is 0. The molecule has 0 heterocycles. The van der Waals surface area contributed by atoms with Gasteiger partial charge >= 0.3 is 11.9 Å². The zero-order valence-corrected chi connectivity index (χ0v) is 67.8. The lowest BCUT2D eigenvalue weighted by atomic mass is 10.0. The molecule has 9 heteroatoms. The van der Waals surface area contributed by atoms with E-state index in [4.69, 9.17) is 18.9 Å². The van der Waals surface area contributed by atoms with Crippen LogP contribution in [0.3, 0.4) is 0 Å². The van der Waals surface area contributed by atoms with E-state index >= 15 is 0 Å². The Labute approximate surface area is 645 Å². The molecule has 0 aliphatic heterocycles. The van der Waals surface area contributed by atoms with E-state index in [0.717, 1.165) is 154 Å². The Morgan fingerprint density at radius 3 is 0.762 bits per heavy atom. The standard InChI is InChI=1S/C96H155NO8/c1-6-8-10-12-14-16-18-20-22-24-26-28-30-32-34-36-38-40-42-44-46-47-49-51-53-55-57-59-61-63-65-67-69-71-73-75-77-79-81-83-85-87-94(99)105-92(91-104-96(95(100)101)102-89-88-97(3,4)5)90-103-93(98)86-84-82-80-78-76-74-72-70-68-66-64-62-60-58-56-54-52-50-48-45-43-41-39-37-35-33-31-29-27-25-23-21-19-17-15-13-11-9-7-2/h8-11,14-17,20-23,26-29,32-35,38-41,44,46,49,51,55,57,61,63,67,69,92,96H,6-7,12-13,18-19,24-25,30-31,36-37,42-43,45,47-48,50,52-54,56,58-60,62,64-66,68,70-91H2,1-5H3/b10-8-,11-9-,16-14-,17-15-,22-20-,23-21-,28-26-,29-27-,34-32-,35-33-,40-38-,41-39-,46-44-,51-49-,57-55-,63-61-,69-67-. The van der Waals surface area contributed by atoms with Gasteiger partial charge in [-0.1, -0.05) is 368 Å². The van der Waals surface area contributed by atoms with Crippen molar-refractivity contribution in [1.29, 1.82) is 0 Å². The van der Waals surface area contributed by atoms with E-state index in [0.29, 0.717) is 17.4 Å². The average molecular weight is 1450 g/mol. The molecular formula is C96H155NO8. The third-order valence-corrected chi connectivity index (χ3v) is 17.5. The molecule has 0 spiro atoms. The van der Waals surface area contributed by atoms with Crippen molar-refractivity contribution < 1.29 is 42.9 Å². The highest BCUT2D eigenvalue weighted by Crippen LogP contribution is 2.18. The summed E-state index contributed by atoms with van der Waals surface area (Å²) in [5, 5.41) is 11.9. The fourth-order valence-corrected chi connectivity index (χ4v) is 11.2. The SMILES string of the molecule is CC/C=C\C/C=C\C/C=C\C/C=C\C/C=C\C/C=C\C/C=C\C/C=C\C/C=C\C/C=C\C/C=C\CCCCCCCCCC(=O)OC(COC(=O)CCCCCCCCCCCCCCCCCCCCCC/C=C\C/C=C\C/C=C\C/C=C\C/C=C\C/C=C\CC)COC(OCC[N+](C)(C)C)C(=O)[O-]. The molecule has 0 radical (unpaired) electrons. The van der Waals surface area contributed by atoms with Gasteiger partial charge in [0.2, 0.25) is 0 Å². The van der Waals surface area contributed by atoms with Crippen molar-refractivity contribution in [2.75, 3.05) is 47.5 Å². The van der Waals surface area contributed by atoms with Crippen LogP contribution in [0.15, 0.2) is 207 Å². The van der Waals surface area contributed by atoms with Gasteiger partial charge in [-0.15, -0.1) is 0 Å². The molecule has 0 saturated carbocycles. The number of allylic oxidation sites excluding steroid dienone is 34. The van der Waals surface area contributed by atoms with E-state index < -0.39 is 24.3 Å². The third kappa shape index (κ3) is 85.0. The molecule has 9 nitrogen and oxygen atoms in total. The number of aliphatic carboxylic acids is 1. The van der Waals surface area contributed by atoms with E-state index in [1.807, 2.05) is 21.1 Å². The molecular weight excluding hydrogens is 1300 g/mol. The van der Waals surface area contributed by atoms with Crippen LogP contribution in [-0.4, -0.2) is 82.3 Å². The summed E-state index contributed by atoms with van der Waals surface area (Å²) in [7, 11) is 5.93. The maximum atomic E-state index is 13.0. The lowest BCUT2D eigenvalue weighted by molar-refractivity contribution is -0.870. The van der Waals surface area contributed by atoms with Crippen molar-refractivity contribution in [3.63, 3.8) is 0 Å². The molecule has 2 unspecified atom stereocenters. The maximum Gasteiger partial charge on any atom is 0.306 e. The maximum absolute atomic E-state index is 13.0. The van der Waals surface area contributed by atoms with Gasteiger partial charge in [-0.05, 0) is 148 Å². The average Bonchev–Trinajstić information content (AvgIpc) is 1.18. The zero-order valence-electron chi connectivity index (χ0n) is 67.8. The summed E-state index contributed by atoms with van der Waals surface area (Å²) in [5.74, 6) is -2.30. The monoisotopic (exact) mass is 1450 g/mol. The predicted octanol–water partition coefficient (Wildman–Crippen LogP) is 26.5. The van der Waals surface area contributed by atoms with Crippen molar-refractivity contribution >= 4 is 17.9 Å². The van der Waals surface area contributed by atoms with Crippen LogP contribution in [0.5, 0.6) is 0 Å². The molecule has 0 amide bonds. The van der Waals surface area contributed by atoms with Crippen molar-refractivity contribution in [2.24, 2.45) is 0 Å². The number of carbonyl (C=O) groups is 3. The number of unbranched alkanes of at least 4 members (excludes halogenated alkanes) is 27. The van der Waals surface area contributed by atoms with Gasteiger partial charge in [0.15, 0.2) is 12.4 Å². The number of carbonyl (C=O) groups excluding carboxylic acids is 3. The zero-order chi connectivity index (χ0) is 76.0. The van der Waals surface area contributed by atoms with Gasteiger partial charge in [-0.3, -0.25) is 9.59 Å². The Hall–Kier alpha value is -6.13. The highest BCUT2D eigenvalue weighted by Gasteiger charge is 2.22. The third-order valence-electron chi connectivity index (χ3n) is 17.5. The first kappa shape index (κ1) is 98.9. The Kier molecular flexibility index (Phi) is 78.6. The first-order chi connectivity index (χ1) is 51.6. The number of likely N-dealkylation sites (N-methyl/N-ethyl adjacent to an activating group) is 1. The Morgan fingerprint density at radius 2 is 0.514 bits per heavy atom. The molecule has 0 aromatic carbocycles.